The Morgan fingerprint density at radius 3 is 2.66 bits per heavy atom. The third-order valence-electron chi connectivity index (χ3n) is 7.12. The maximum absolute atomic E-state index is 15.0. The average Bonchev–Trinajstić information content (AvgIpc) is 3.50. The van der Waals surface area contributed by atoms with E-state index in [-0.39, 0.29) is 5.75 Å². The second-order valence-corrected chi connectivity index (χ2v) is 9.18. The van der Waals surface area contributed by atoms with Crippen LogP contribution in [0.3, 0.4) is 0 Å². The van der Waals surface area contributed by atoms with Crippen molar-refractivity contribution in [1.82, 2.24) is 25.3 Å². The largest absolute Gasteiger partial charge is 0.507 e. The number of halogens is 1. The van der Waals surface area contributed by atoms with Gasteiger partial charge >= 0.3 is 0 Å². The van der Waals surface area contributed by atoms with Gasteiger partial charge in [0, 0.05) is 54.1 Å². The van der Waals surface area contributed by atoms with Crippen molar-refractivity contribution >= 4 is 5.82 Å². The summed E-state index contributed by atoms with van der Waals surface area (Å²) in [6.45, 7) is 2.73. The number of fused-ring (bicyclic) bond motifs is 1. The molecule has 0 spiro atoms. The maximum Gasteiger partial charge on any atom is 0.151 e. The first-order valence-corrected chi connectivity index (χ1v) is 11.6. The summed E-state index contributed by atoms with van der Waals surface area (Å²) >= 11 is 0. The van der Waals surface area contributed by atoms with Gasteiger partial charge in [0.2, 0.25) is 0 Å². The van der Waals surface area contributed by atoms with Crippen LogP contribution in [0.4, 0.5) is 10.2 Å². The lowest BCUT2D eigenvalue weighted by atomic mass is 9.92. The molecule has 6 rings (SSSR count). The number of aromatic hydroxyl groups is 1. The second-order valence-electron chi connectivity index (χ2n) is 9.18. The molecule has 1 unspecified atom stereocenters. The van der Waals surface area contributed by atoms with E-state index in [1.807, 2.05) is 10.7 Å². The fourth-order valence-electron chi connectivity index (χ4n) is 5.11. The van der Waals surface area contributed by atoms with E-state index in [2.05, 4.69) is 25.5 Å². The van der Waals surface area contributed by atoms with Gasteiger partial charge in [0.1, 0.15) is 11.6 Å². The van der Waals surface area contributed by atoms with Crippen molar-refractivity contribution in [3.8, 4) is 28.1 Å². The van der Waals surface area contributed by atoms with Gasteiger partial charge in [0.05, 0.1) is 11.9 Å². The Kier molecular flexibility index (Phi) is 4.82. The number of hydrogen-bond donors (Lipinski definition) is 2. The van der Waals surface area contributed by atoms with Crippen LogP contribution in [0, 0.1) is 5.82 Å². The third-order valence-corrected chi connectivity index (χ3v) is 7.12. The Morgan fingerprint density at radius 1 is 0.969 bits per heavy atom. The molecule has 166 valence electrons. The van der Waals surface area contributed by atoms with E-state index in [0.717, 1.165) is 56.0 Å². The van der Waals surface area contributed by atoms with Crippen molar-refractivity contribution in [2.45, 2.75) is 57.2 Å². The van der Waals surface area contributed by atoms with Gasteiger partial charge in [-0.15, -0.1) is 10.2 Å². The summed E-state index contributed by atoms with van der Waals surface area (Å²) in [4.78, 5) is 2.23. The van der Waals surface area contributed by atoms with E-state index in [0.29, 0.717) is 28.9 Å². The lowest BCUT2D eigenvalue weighted by Gasteiger charge is -2.29. The van der Waals surface area contributed by atoms with Gasteiger partial charge in [-0.3, -0.25) is 4.68 Å². The van der Waals surface area contributed by atoms with Crippen LogP contribution >= 0.6 is 0 Å². The second kappa shape index (κ2) is 7.85. The Labute approximate surface area is 186 Å². The van der Waals surface area contributed by atoms with Gasteiger partial charge in [0.25, 0.3) is 0 Å². The van der Waals surface area contributed by atoms with Crippen LogP contribution in [-0.4, -0.2) is 50.3 Å². The van der Waals surface area contributed by atoms with Crippen molar-refractivity contribution in [1.29, 1.82) is 0 Å². The topological polar surface area (TPSA) is 79.1 Å². The van der Waals surface area contributed by atoms with Gasteiger partial charge < -0.3 is 15.3 Å². The molecule has 1 aliphatic carbocycles. The maximum atomic E-state index is 15.0. The molecule has 2 fully saturated rings. The number of nitrogens with one attached hydrogen (secondary N) is 1. The minimum atomic E-state index is -0.393. The lowest BCUT2D eigenvalue weighted by molar-refractivity contribution is 0.311. The number of nitrogens with zero attached hydrogens (tertiary/aromatic N) is 5. The number of benzene rings is 1. The molecule has 0 amide bonds. The standard InChI is InChI=1S/C24H27FN6O/c25-20-11-18(23(32)12-17(20)19-13-26-31-9-2-5-22(19)31)21-6-7-24(29-28-21)30-10-8-16(14-30)27-15-3-1-4-15/h6-7,11-13,15-16,27,32H,1-5,8-10,14H2. The number of phenols is 1. The minimum Gasteiger partial charge on any atom is -0.507 e. The highest BCUT2D eigenvalue weighted by Crippen LogP contribution is 2.37. The summed E-state index contributed by atoms with van der Waals surface area (Å²) in [7, 11) is 0. The Hall–Kier alpha value is -3.00. The smallest absolute Gasteiger partial charge is 0.151 e. The van der Waals surface area contributed by atoms with E-state index >= 15 is 4.39 Å². The number of hydrogen-bond acceptors (Lipinski definition) is 6. The number of rotatable bonds is 5. The summed E-state index contributed by atoms with van der Waals surface area (Å²) in [6.07, 6.45) is 8.58. The van der Waals surface area contributed by atoms with E-state index < -0.39 is 5.82 Å². The molecule has 1 atom stereocenters. The van der Waals surface area contributed by atoms with E-state index in [9.17, 15) is 5.11 Å². The van der Waals surface area contributed by atoms with Crippen molar-refractivity contribution in [3.63, 3.8) is 0 Å². The SMILES string of the molecule is Oc1cc(-c2cnn3c2CCC3)c(F)cc1-c1ccc(N2CCC(NC3CCC3)C2)nn1. The zero-order valence-electron chi connectivity index (χ0n) is 18.0. The summed E-state index contributed by atoms with van der Waals surface area (Å²) < 4.78 is 17.0. The molecule has 2 aliphatic heterocycles. The van der Waals surface area contributed by atoms with Gasteiger partial charge in [-0.05, 0) is 56.4 Å². The molecule has 2 aromatic heterocycles. The molecule has 4 heterocycles. The van der Waals surface area contributed by atoms with Gasteiger partial charge in [-0.25, -0.2) is 4.39 Å². The molecule has 1 saturated heterocycles. The normalized spacial score (nSPS) is 20.5. The zero-order chi connectivity index (χ0) is 21.7. The van der Waals surface area contributed by atoms with Gasteiger partial charge in [0.15, 0.2) is 5.82 Å². The molecule has 2 N–H and O–H groups in total. The first-order chi connectivity index (χ1) is 15.7. The third kappa shape index (κ3) is 3.43. The van der Waals surface area contributed by atoms with Crippen LogP contribution in [0.2, 0.25) is 0 Å². The van der Waals surface area contributed by atoms with Gasteiger partial charge in [-0.2, -0.15) is 5.10 Å². The van der Waals surface area contributed by atoms with E-state index in [4.69, 9.17) is 0 Å². The molecule has 0 bridgehead atoms. The molecule has 1 aromatic carbocycles. The number of phenolic OH excluding ortho intramolecular Hbond substituents is 1. The average molecular weight is 435 g/mol. The molecule has 1 saturated carbocycles. The summed E-state index contributed by atoms with van der Waals surface area (Å²) in [5, 5.41) is 27.4. The molecule has 0 radical (unpaired) electrons. The van der Waals surface area contributed by atoms with Gasteiger partial charge in [-0.1, -0.05) is 6.42 Å². The Bertz CT molecular complexity index is 1140. The lowest BCUT2D eigenvalue weighted by Crippen LogP contribution is -2.43. The number of aromatic nitrogens is 4. The summed E-state index contributed by atoms with van der Waals surface area (Å²) in [5.74, 6) is 0.418. The fourth-order valence-corrected chi connectivity index (χ4v) is 5.11. The van der Waals surface area contributed by atoms with Crippen LogP contribution in [0.15, 0.2) is 30.5 Å². The van der Waals surface area contributed by atoms with Crippen molar-refractivity contribution in [2.75, 3.05) is 18.0 Å². The molecular formula is C24H27FN6O. The highest BCUT2D eigenvalue weighted by Gasteiger charge is 2.28. The number of aryl methyl sites for hydroxylation is 1. The molecular weight excluding hydrogens is 407 g/mol. The Morgan fingerprint density at radius 2 is 1.88 bits per heavy atom. The predicted octanol–water partition coefficient (Wildman–Crippen LogP) is 3.52. The van der Waals surface area contributed by atoms with E-state index in [1.165, 1.54) is 31.4 Å². The quantitative estimate of drug-likeness (QED) is 0.640. The van der Waals surface area contributed by atoms with Crippen LogP contribution in [-0.2, 0) is 13.0 Å². The zero-order valence-corrected chi connectivity index (χ0v) is 18.0. The number of anilines is 1. The fraction of sp³-hybridized carbons (Fsp3) is 0.458. The van der Waals surface area contributed by atoms with Crippen molar-refractivity contribution in [3.05, 3.63) is 42.0 Å². The van der Waals surface area contributed by atoms with Crippen molar-refractivity contribution < 1.29 is 9.50 Å². The molecule has 8 heteroatoms. The Balaban J connectivity index is 1.21. The molecule has 3 aromatic rings. The first kappa shape index (κ1) is 19.7. The van der Waals surface area contributed by atoms with Crippen molar-refractivity contribution in [2.24, 2.45) is 0 Å². The van der Waals surface area contributed by atoms with Crippen LogP contribution < -0.4 is 10.2 Å². The molecule has 32 heavy (non-hydrogen) atoms. The molecule has 3 aliphatic rings. The highest BCUT2D eigenvalue weighted by molar-refractivity contribution is 5.76. The van der Waals surface area contributed by atoms with E-state index in [1.54, 1.807) is 12.3 Å². The van der Waals surface area contributed by atoms with Crippen LogP contribution in [0.1, 0.15) is 37.8 Å². The molecule has 7 nitrogen and oxygen atoms in total. The van der Waals surface area contributed by atoms with Crippen LogP contribution in [0.25, 0.3) is 22.4 Å². The monoisotopic (exact) mass is 434 g/mol. The summed E-state index contributed by atoms with van der Waals surface area (Å²) in [5.41, 5.74) is 2.96. The first-order valence-electron chi connectivity index (χ1n) is 11.6. The van der Waals surface area contributed by atoms with Crippen LogP contribution in [0.5, 0.6) is 5.75 Å². The summed E-state index contributed by atoms with van der Waals surface area (Å²) in [6, 6.07) is 7.72. The predicted molar refractivity (Wildman–Crippen MR) is 120 cm³/mol. The minimum absolute atomic E-state index is 0.00710. The highest BCUT2D eigenvalue weighted by atomic mass is 19.1.